The van der Waals surface area contributed by atoms with Gasteiger partial charge in [0.2, 0.25) is 0 Å². The van der Waals surface area contributed by atoms with Gasteiger partial charge in [-0.1, -0.05) is 0 Å². The monoisotopic (exact) mass is 218 g/mol. The first kappa shape index (κ1) is 8.97. The van der Waals surface area contributed by atoms with Gasteiger partial charge in [-0.2, -0.15) is 0 Å². The molecule has 0 spiro atoms. The molecule has 76 valence electrons. The smallest absolute Gasteiger partial charge is 0.258 e. The molecule has 0 aromatic carbocycles. The summed E-state index contributed by atoms with van der Waals surface area (Å²) in [5.41, 5.74) is 3.04. The molecule has 1 N–H and O–H groups in total. The van der Waals surface area contributed by atoms with Gasteiger partial charge in [-0.05, 0) is 25.5 Å². The number of nitrogens with one attached hydrogen (secondary N) is 1. The SMILES string of the molecule is Cc1ccc2c(=O)[nH]c3c(c2n1)CCS3. The molecule has 3 rings (SSSR count). The van der Waals surface area contributed by atoms with Gasteiger partial charge >= 0.3 is 0 Å². The number of aryl methyl sites for hydroxylation is 2. The Morgan fingerprint density at radius 3 is 3.20 bits per heavy atom. The predicted octanol–water partition coefficient (Wildman–Crippen LogP) is 1.88. The lowest BCUT2D eigenvalue weighted by molar-refractivity contribution is 1.03. The van der Waals surface area contributed by atoms with Gasteiger partial charge < -0.3 is 4.98 Å². The second-order valence-electron chi connectivity index (χ2n) is 3.71. The highest BCUT2D eigenvalue weighted by Gasteiger charge is 2.17. The normalized spacial score (nSPS) is 14.5. The molecule has 0 saturated heterocycles. The van der Waals surface area contributed by atoms with Crippen molar-refractivity contribution >= 4 is 22.7 Å². The zero-order chi connectivity index (χ0) is 10.4. The predicted molar refractivity (Wildman–Crippen MR) is 61.5 cm³/mol. The van der Waals surface area contributed by atoms with Crippen LogP contribution >= 0.6 is 11.8 Å². The summed E-state index contributed by atoms with van der Waals surface area (Å²) in [6, 6.07) is 3.74. The third kappa shape index (κ3) is 1.28. The zero-order valence-corrected chi connectivity index (χ0v) is 9.15. The molecule has 1 aliphatic heterocycles. The molecule has 0 bridgehead atoms. The Labute approximate surface area is 90.9 Å². The van der Waals surface area contributed by atoms with Crippen LogP contribution in [0.2, 0.25) is 0 Å². The van der Waals surface area contributed by atoms with Crippen LogP contribution in [0.3, 0.4) is 0 Å². The van der Waals surface area contributed by atoms with E-state index in [2.05, 4.69) is 9.97 Å². The van der Waals surface area contributed by atoms with Gasteiger partial charge in [0.05, 0.1) is 15.9 Å². The van der Waals surface area contributed by atoms with E-state index in [-0.39, 0.29) is 5.56 Å². The van der Waals surface area contributed by atoms with Crippen LogP contribution in [0, 0.1) is 6.92 Å². The van der Waals surface area contributed by atoms with E-state index >= 15 is 0 Å². The Bertz CT molecular complexity index is 603. The third-order valence-corrected chi connectivity index (χ3v) is 3.71. The first-order valence-electron chi connectivity index (χ1n) is 4.91. The molecule has 0 fully saturated rings. The molecule has 2 aromatic heterocycles. The first-order valence-corrected chi connectivity index (χ1v) is 5.89. The van der Waals surface area contributed by atoms with Crippen molar-refractivity contribution in [2.24, 2.45) is 0 Å². The number of nitrogens with zero attached hydrogens (tertiary/aromatic N) is 1. The van der Waals surface area contributed by atoms with E-state index in [0.717, 1.165) is 28.4 Å². The summed E-state index contributed by atoms with van der Waals surface area (Å²) in [6.45, 7) is 1.95. The van der Waals surface area contributed by atoms with Crippen LogP contribution in [0.1, 0.15) is 11.3 Å². The summed E-state index contributed by atoms with van der Waals surface area (Å²) in [5, 5.41) is 1.72. The van der Waals surface area contributed by atoms with E-state index in [1.165, 1.54) is 5.56 Å². The van der Waals surface area contributed by atoms with Crippen molar-refractivity contribution in [1.29, 1.82) is 0 Å². The number of hydrogen-bond donors (Lipinski definition) is 1. The number of H-pyrrole nitrogens is 1. The largest absolute Gasteiger partial charge is 0.316 e. The minimum atomic E-state index is -0.0225. The van der Waals surface area contributed by atoms with Crippen LogP contribution < -0.4 is 5.56 Å². The lowest BCUT2D eigenvalue weighted by atomic mass is 10.1. The lowest BCUT2D eigenvalue weighted by Gasteiger charge is -2.03. The highest BCUT2D eigenvalue weighted by Crippen LogP contribution is 2.31. The number of fused-ring (bicyclic) bond motifs is 3. The number of rotatable bonds is 0. The van der Waals surface area contributed by atoms with Crippen molar-refractivity contribution in [2.75, 3.05) is 5.75 Å². The van der Waals surface area contributed by atoms with Crippen LogP contribution in [-0.2, 0) is 6.42 Å². The topological polar surface area (TPSA) is 45.8 Å². The van der Waals surface area contributed by atoms with Crippen molar-refractivity contribution in [3.05, 3.63) is 33.7 Å². The van der Waals surface area contributed by atoms with Gasteiger partial charge in [0.1, 0.15) is 0 Å². The molecule has 0 unspecified atom stereocenters. The highest BCUT2D eigenvalue weighted by atomic mass is 32.2. The molecular weight excluding hydrogens is 208 g/mol. The van der Waals surface area contributed by atoms with Crippen molar-refractivity contribution in [1.82, 2.24) is 9.97 Å². The summed E-state index contributed by atoms with van der Waals surface area (Å²) in [4.78, 5) is 19.1. The van der Waals surface area contributed by atoms with Gasteiger partial charge in [0.15, 0.2) is 0 Å². The first-order chi connectivity index (χ1) is 7.25. The maximum Gasteiger partial charge on any atom is 0.258 e. The van der Waals surface area contributed by atoms with Gasteiger partial charge in [0.25, 0.3) is 5.56 Å². The van der Waals surface area contributed by atoms with Crippen molar-refractivity contribution in [3.63, 3.8) is 0 Å². The summed E-state index contributed by atoms with van der Waals surface area (Å²) in [5.74, 6) is 1.04. The van der Waals surface area contributed by atoms with Crippen LogP contribution in [0.25, 0.3) is 10.9 Å². The van der Waals surface area contributed by atoms with Crippen LogP contribution in [0.4, 0.5) is 0 Å². The second kappa shape index (κ2) is 3.10. The number of thioether (sulfide) groups is 1. The van der Waals surface area contributed by atoms with Crippen molar-refractivity contribution in [2.45, 2.75) is 18.4 Å². The molecule has 1 aliphatic rings. The minimum absolute atomic E-state index is 0.0225. The number of aromatic amines is 1. The van der Waals surface area contributed by atoms with E-state index in [1.807, 2.05) is 19.1 Å². The lowest BCUT2D eigenvalue weighted by Crippen LogP contribution is -2.09. The molecule has 3 heterocycles. The number of pyridine rings is 2. The van der Waals surface area contributed by atoms with E-state index in [1.54, 1.807) is 11.8 Å². The fourth-order valence-corrected chi connectivity index (χ4v) is 2.98. The number of aromatic nitrogens is 2. The summed E-state index contributed by atoms with van der Waals surface area (Å²) in [7, 11) is 0. The fraction of sp³-hybridized carbons (Fsp3) is 0.273. The Hall–Kier alpha value is -1.29. The van der Waals surface area contributed by atoms with Gasteiger partial charge in [0, 0.05) is 17.0 Å². The molecule has 4 heteroatoms. The van der Waals surface area contributed by atoms with E-state index in [9.17, 15) is 4.79 Å². The molecule has 0 atom stereocenters. The average Bonchev–Trinajstić information content (AvgIpc) is 2.65. The maximum atomic E-state index is 11.7. The molecule has 0 aliphatic carbocycles. The van der Waals surface area contributed by atoms with Crippen LogP contribution in [0.5, 0.6) is 0 Å². The molecule has 15 heavy (non-hydrogen) atoms. The van der Waals surface area contributed by atoms with Crippen molar-refractivity contribution < 1.29 is 0 Å². The van der Waals surface area contributed by atoms with E-state index < -0.39 is 0 Å². The Balaban J connectivity index is 2.51. The second-order valence-corrected chi connectivity index (χ2v) is 4.81. The van der Waals surface area contributed by atoms with Crippen LogP contribution in [0.15, 0.2) is 22.0 Å². The molecule has 2 aromatic rings. The average molecular weight is 218 g/mol. The maximum absolute atomic E-state index is 11.7. The zero-order valence-electron chi connectivity index (χ0n) is 8.33. The third-order valence-electron chi connectivity index (χ3n) is 2.66. The Morgan fingerprint density at radius 2 is 2.33 bits per heavy atom. The van der Waals surface area contributed by atoms with Gasteiger partial charge in [-0.15, -0.1) is 11.8 Å². The van der Waals surface area contributed by atoms with E-state index in [4.69, 9.17) is 0 Å². The Kier molecular flexibility index (Phi) is 1.85. The molecule has 3 nitrogen and oxygen atoms in total. The van der Waals surface area contributed by atoms with Gasteiger partial charge in [-0.25, -0.2) is 0 Å². The van der Waals surface area contributed by atoms with Crippen LogP contribution in [-0.4, -0.2) is 15.7 Å². The highest BCUT2D eigenvalue weighted by molar-refractivity contribution is 7.99. The molecular formula is C11H10N2OS. The summed E-state index contributed by atoms with van der Waals surface area (Å²) >= 11 is 1.71. The van der Waals surface area contributed by atoms with Crippen molar-refractivity contribution in [3.8, 4) is 0 Å². The minimum Gasteiger partial charge on any atom is -0.316 e. The number of hydrogen-bond acceptors (Lipinski definition) is 3. The molecule has 0 amide bonds. The summed E-state index contributed by atoms with van der Waals surface area (Å²) < 4.78 is 0. The quantitative estimate of drug-likeness (QED) is 0.734. The van der Waals surface area contributed by atoms with Gasteiger partial charge in [-0.3, -0.25) is 9.78 Å². The summed E-state index contributed by atoms with van der Waals surface area (Å²) in [6.07, 6.45) is 1.00. The molecule has 0 saturated carbocycles. The standard InChI is InChI=1S/C11H10N2OS/c1-6-2-3-7-9(12-6)8-4-5-15-11(8)13-10(7)14/h2-3H,4-5H2,1H3,(H,13,14). The Morgan fingerprint density at radius 1 is 1.47 bits per heavy atom. The van der Waals surface area contributed by atoms with E-state index in [0.29, 0.717) is 5.39 Å². The fourth-order valence-electron chi connectivity index (χ4n) is 1.93. The molecule has 0 radical (unpaired) electrons.